The van der Waals surface area contributed by atoms with Crippen molar-refractivity contribution < 1.29 is 18.0 Å². The van der Waals surface area contributed by atoms with Gasteiger partial charge in [0.15, 0.2) is 0 Å². The van der Waals surface area contributed by atoms with Crippen LogP contribution in [0.15, 0.2) is 0 Å². The van der Waals surface area contributed by atoms with Crippen molar-refractivity contribution in [1.82, 2.24) is 10.6 Å². The molecule has 1 aliphatic carbocycles. The van der Waals surface area contributed by atoms with E-state index in [1.54, 1.807) is 6.92 Å². The summed E-state index contributed by atoms with van der Waals surface area (Å²) < 4.78 is 35.9. The molecular formula is C13H23F3N2O. The molecule has 0 spiro atoms. The second kappa shape index (κ2) is 6.59. The summed E-state index contributed by atoms with van der Waals surface area (Å²) in [6.07, 6.45) is 1.48. The Bertz CT molecular complexity index is 299. The van der Waals surface area contributed by atoms with Crippen LogP contribution in [-0.4, -0.2) is 31.2 Å². The lowest BCUT2D eigenvalue weighted by Crippen LogP contribution is -2.48. The third-order valence-electron chi connectivity index (χ3n) is 3.75. The molecule has 1 atom stereocenters. The van der Waals surface area contributed by atoms with Crippen molar-refractivity contribution in [3.05, 3.63) is 0 Å². The Morgan fingerprint density at radius 2 is 1.84 bits per heavy atom. The minimum Gasteiger partial charge on any atom is -0.346 e. The summed E-state index contributed by atoms with van der Waals surface area (Å²) in [6.45, 7) is 3.17. The minimum atomic E-state index is -4.36. The molecule has 0 aromatic heterocycles. The van der Waals surface area contributed by atoms with E-state index in [4.69, 9.17) is 0 Å². The van der Waals surface area contributed by atoms with Crippen LogP contribution < -0.4 is 10.6 Å². The molecule has 1 unspecified atom stereocenters. The van der Waals surface area contributed by atoms with Crippen LogP contribution in [0.5, 0.6) is 0 Å². The average molecular weight is 280 g/mol. The van der Waals surface area contributed by atoms with Crippen LogP contribution in [0.25, 0.3) is 0 Å². The van der Waals surface area contributed by atoms with E-state index >= 15 is 0 Å². The first-order valence-electron chi connectivity index (χ1n) is 6.80. The van der Waals surface area contributed by atoms with E-state index in [1.165, 1.54) is 19.3 Å². The molecule has 0 heterocycles. The molecule has 0 saturated heterocycles. The molecule has 0 aliphatic heterocycles. The van der Waals surface area contributed by atoms with Crippen molar-refractivity contribution in [3.63, 3.8) is 0 Å². The molecule has 1 saturated carbocycles. The minimum absolute atomic E-state index is 0.164. The number of rotatable bonds is 5. The van der Waals surface area contributed by atoms with Gasteiger partial charge in [-0.3, -0.25) is 4.79 Å². The van der Waals surface area contributed by atoms with E-state index in [9.17, 15) is 18.0 Å². The van der Waals surface area contributed by atoms with E-state index in [-0.39, 0.29) is 5.41 Å². The van der Waals surface area contributed by atoms with Crippen LogP contribution in [0.1, 0.15) is 46.0 Å². The van der Waals surface area contributed by atoms with Crippen molar-refractivity contribution >= 4 is 5.91 Å². The maximum atomic E-state index is 12.0. The first-order chi connectivity index (χ1) is 8.72. The van der Waals surface area contributed by atoms with Gasteiger partial charge in [0.05, 0.1) is 6.04 Å². The summed E-state index contributed by atoms with van der Waals surface area (Å²) in [5.74, 6) is -0.600. The Kier molecular flexibility index (Phi) is 5.64. The highest BCUT2D eigenvalue weighted by Gasteiger charge is 2.30. The van der Waals surface area contributed by atoms with Crippen molar-refractivity contribution in [2.45, 2.75) is 58.2 Å². The zero-order chi connectivity index (χ0) is 14.5. The standard InChI is InChI=1S/C13H23F3N2O/c1-10(11(19)18-9-13(14,15)16)17-8-12(2)6-4-3-5-7-12/h10,17H,3-9H2,1-2H3,(H,18,19). The highest BCUT2D eigenvalue weighted by molar-refractivity contribution is 5.81. The Morgan fingerprint density at radius 3 is 2.37 bits per heavy atom. The first kappa shape index (κ1) is 16.3. The number of carbonyl (C=O) groups is 1. The fraction of sp³-hybridized carbons (Fsp3) is 0.923. The Morgan fingerprint density at radius 1 is 1.26 bits per heavy atom. The quantitative estimate of drug-likeness (QED) is 0.813. The third kappa shape index (κ3) is 6.27. The molecule has 0 aromatic carbocycles. The molecular weight excluding hydrogens is 257 g/mol. The molecule has 0 aromatic rings. The Labute approximate surface area is 112 Å². The zero-order valence-electron chi connectivity index (χ0n) is 11.6. The molecule has 2 N–H and O–H groups in total. The summed E-state index contributed by atoms with van der Waals surface area (Å²) in [4.78, 5) is 11.5. The third-order valence-corrected chi connectivity index (χ3v) is 3.75. The molecule has 1 rings (SSSR count). The van der Waals surface area contributed by atoms with Gasteiger partial charge in [-0.1, -0.05) is 26.2 Å². The SMILES string of the molecule is CC(NCC1(C)CCCCC1)C(=O)NCC(F)(F)F. The largest absolute Gasteiger partial charge is 0.405 e. The number of amides is 1. The number of halogens is 3. The molecule has 0 bridgehead atoms. The number of hydrogen-bond acceptors (Lipinski definition) is 2. The van der Waals surface area contributed by atoms with E-state index < -0.39 is 24.7 Å². The molecule has 3 nitrogen and oxygen atoms in total. The maximum absolute atomic E-state index is 12.0. The molecule has 1 fully saturated rings. The molecule has 1 amide bonds. The van der Waals surface area contributed by atoms with E-state index in [1.807, 2.05) is 5.32 Å². The van der Waals surface area contributed by atoms with Crippen molar-refractivity contribution in [2.24, 2.45) is 5.41 Å². The van der Waals surface area contributed by atoms with Crippen molar-refractivity contribution in [3.8, 4) is 0 Å². The van der Waals surface area contributed by atoms with Gasteiger partial charge in [-0.15, -0.1) is 0 Å². The zero-order valence-corrected chi connectivity index (χ0v) is 11.6. The van der Waals surface area contributed by atoms with Gasteiger partial charge in [-0.25, -0.2) is 0 Å². The molecule has 0 radical (unpaired) electrons. The summed E-state index contributed by atoms with van der Waals surface area (Å²) in [5.41, 5.74) is 0.164. The van der Waals surface area contributed by atoms with Crippen LogP contribution in [-0.2, 0) is 4.79 Å². The summed E-state index contributed by atoms with van der Waals surface area (Å²) in [7, 11) is 0. The predicted molar refractivity (Wildman–Crippen MR) is 67.7 cm³/mol. The van der Waals surface area contributed by atoms with Crippen LogP contribution in [0, 0.1) is 5.41 Å². The van der Waals surface area contributed by atoms with Gasteiger partial charge in [-0.2, -0.15) is 13.2 Å². The lowest BCUT2D eigenvalue weighted by Gasteiger charge is -2.34. The van der Waals surface area contributed by atoms with Gasteiger partial charge in [0.1, 0.15) is 6.54 Å². The lowest BCUT2D eigenvalue weighted by atomic mass is 9.75. The monoisotopic (exact) mass is 280 g/mol. The van der Waals surface area contributed by atoms with Crippen LogP contribution in [0.2, 0.25) is 0 Å². The fourth-order valence-corrected chi connectivity index (χ4v) is 2.41. The Balaban J connectivity index is 2.29. The molecule has 6 heteroatoms. The second-order valence-corrected chi connectivity index (χ2v) is 5.81. The molecule has 19 heavy (non-hydrogen) atoms. The lowest BCUT2D eigenvalue weighted by molar-refractivity contribution is -0.139. The number of hydrogen-bond donors (Lipinski definition) is 2. The second-order valence-electron chi connectivity index (χ2n) is 5.81. The van der Waals surface area contributed by atoms with Crippen molar-refractivity contribution in [2.75, 3.05) is 13.1 Å². The summed E-state index contributed by atoms with van der Waals surface area (Å²) in [6, 6.07) is -0.596. The van der Waals surface area contributed by atoms with Gasteiger partial charge < -0.3 is 10.6 Å². The van der Waals surface area contributed by atoms with Gasteiger partial charge in [0, 0.05) is 6.54 Å². The number of alkyl halides is 3. The average Bonchev–Trinajstić information content (AvgIpc) is 2.33. The number of nitrogens with one attached hydrogen (secondary N) is 2. The summed E-state index contributed by atoms with van der Waals surface area (Å²) in [5, 5.41) is 4.95. The van der Waals surface area contributed by atoms with Gasteiger partial charge in [0.2, 0.25) is 5.91 Å². The molecule has 112 valence electrons. The normalized spacial score (nSPS) is 20.9. The molecule has 1 aliphatic rings. The highest BCUT2D eigenvalue weighted by atomic mass is 19.4. The Hall–Kier alpha value is -0.780. The first-order valence-corrected chi connectivity index (χ1v) is 6.80. The van der Waals surface area contributed by atoms with Crippen LogP contribution >= 0.6 is 0 Å². The summed E-state index contributed by atoms with van der Waals surface area (Å²) >= 11 is 0. The van der Waals surface area contributed by atoms with E-state index in [0.29, 0.717) is 6.54 Å². The van der Waals surface area contributed by atoms with Crippen LogP contribution in [0.4, 0.5) is 13.2 Å². The van der Waals surface area contributed by atoms with Gasteiger partial charge in [0.25, 0.3) is 0 Å². The van der Waals surface area contributed by atoms with Gasteiger partial charge in [-0.05, 0) is 25.2 Å². The van der Waals surface area contributed by atoms with Crippen molar-refractivity contribution in [1.29, 1.82) is 0 Å². The van der Waals surface area contributed by atoms with Crippen LogP contribution in [0.3, 0.4) is 0 Å². The topological polar surface area (TPSA) is 41.1 Å². The van der Waals surface area contributed by atoms with Gasteiger partial charge >= 0.3 is 6.18 Å². The maximum Gasteiger partial charge on any atom is 0.405 e. The highest BCUT2D eigenvalue weighted by Crippen LogP contribution is 2.34. The fourth-order valence-electron chi connectivity index (χ4n) is 2.41. The predicted octanol–water partition coefficient (Wildman–Crippen LogP) is 2.61. The smallest absolute Gasteiger partial charge is 0.346 e. The van der Waals surface area contributed by atoms with E-state index in [0.717, 1.165) is 12.8 Å². The number of carbonyl (C=O) groups excluding carboxylic acids is 1. The van der Waals surface area contributed by atoms with E-state index in [2.05, 4.69) is 12.2 Å².